The number of benzene rings is 1. The molecule has 0 spiro atoms. The first kappa shape index (κ1) is 16.4. The lowest BCUT2D eigenvalue weighted by Gasteiger charge is -2.30. The molecule has 1 aromatic rings. The largest absolute Gasteiger partial charge is 0.380 e. The average Bonchev–Trinajstić information content (AvgIpc) is 2.34. The molecule has 2 unspecified atom stereocenters. The van der Waals surface area contributed by atoms with Gasteiger partial charge in [0.1, 0.15) is 5.82 Å². The molecule has 0 bridgehead atoms. The van der Waals surface area contributed by atoms with Crippen LogP contribution in [0.4, 0.5) is 4.39 Å². The quantitative estimate of drug-likeness (QED) is 0.826. The number of ether oxygens (including phenoxy) is 1. The van der Waals surface area contributed by atoms with Crippen LogP contribution in [0.1, 0.15) is 26.3 Å². The lowest BCUT2D eigenvalue weighted by molar-refractivity contribution is 0.0337. The van der Waals surface area contributed by atoms with Crippen molar-refractivity contribution in [2.24, 2.45) is 5.92 Å². The summed E-state index contributed by atoms with van der Waals surface area (Å²) >= 11 is 6.13. The van der Waals surface area contributed by atoms with Crippen LogP contribution in [-0.4, -0.2) is 25.8 Å². The summed E-state index contributed by atoms with van der Waals surface area (Å²) in [7, 11) is 1.71. The summed E-state index contributed by atoms with van der Waals surface area (Å²) in [6.45, 7) is 7.12. The van der Waals surface area contributed by atoms with Crippen molar-refractivity contribution in [3.63, 3.8) is 0 Å². The highest BCUT2D eigenvalue weighted by molar-refractivity contribution is 6.31. The maximum absolute atomic E-state index is 13.3. The van der Waals surface area contributed by atoms with Crippen LogP contribution >= 0.6 is 11.6 Å². The topological polar surface area (TPSA) is 21.3 Å². The van der Waals surface area contributed by atoms with Gasteiger partial charge in [-0.25, -0.2) is 4.39 Å². The second-order valence-corrected chi connectivity index (χ2v) is 5.46. The zero-order valence-electron chi connectivity index (χ0n) is 12.0. The molecule has 0 aliphatic heterocycles. The summed E-state index contributed by atoms with van der Waals surface area (Å²) in [4.78, 5) is 0. The van der Waals surface area contributed by atoms with Crippen molar-refractivity contribution in [1.82, 2.24) is 5.32 Å². The molecule has 0 saturated heterocycles. The van der Waals surface area contributed by atoms with Crippen LogP contribution in [0.3, 0.4) is 0 Å². The van der Waals surface area contributed by atoms with Crippen molar-refractivity contribution >= 4 is 11.6 Å². The zero-order valence-corrected chi connectivity index (χ0v) is 12.8. The highest BCUT2D eigenvalue weighted by atomic mass is 35.5. The SMILES string of the molecule is CCNC(Cc1cc(F)ccc1Cl)C(OC)C(C)C. The third-order valence-electron chi connectivity index (χ3n) is 3.24. The van der Waals surface area contributed by atoms with E-state index in [0.717, 1.165) is 12.1 Å². The van der Waals surface area contributed by atoms with Crippen molar-refractivity contribution < 1.29 is 9.13 Å². The van der Waals surface area contributed by atoms with E-state index in [4.69, 9.17) is 16.3 Å². The molecule has 0 aliphatic rings. The van der Waals surface area contributed by atoms with Crippen molar-refractivity contribution in [3.05, 3.63) is 34.6 Å². The molecule has 1 rings (SSSR count). The smallest absolute Gasteiger partial charge is 0.123 e. The highest BCUT2D eigenvalue weighted by Crippen LogP contribution is 2.22. The molecular formula is C15H23ClFNO. The van der Waals surface area contributed by atoms with Crippen molar-refractivity contribution in [2.45, 2.75) is 39.3 Å². The Balaban J connectivity index is 2.91. The van der Waals surface area contributed by atoms with Crippen molar-refractivity contribution in [2.75, 3.05) is 13.7 Å². The average molecular weight is 288 g/mol. The predicted octanol–water partition coefficient (Wildman–Crippen LogP) is 3.67. The maximum Gasteiger partial charge on any atom is 0.123 e. The molecule has 0 fully saturated rings. The Morgan fingerprint density at radius 1 is 1.37 bits per heavy atom. The van der Waals surface area contributed by atoms with Crippen LogP contribution in [0.15, 0.2) is 18.2 Å². The molecule has 0 heterocycles. The van der Waals surface area contributed by atoms with Gasteiger partial charge in [-0.3, -0.25) is 0 Å². The van der Waals surface area contributed by atoms with E-state index in [2.05, 4.69) is 19.2 Å². The minimum atomic E-state index is -0.256. The zero-order chi connectivity index (χ0) is 14.4. The van der Waals surface area contributed by atoms with Crippen molar-refractivity contribution in [3.8, 4) is 0 Å². The summed E-state index contributed by atoms with van der Waals surface area (Å²) in [6, 6.07) is 4.60. The molecule has 0 aromatic heterocycles. The van der Waals surface area contributed by atoms with Gasteiger partial charge in [0.2, 0.25) is 0 Å². The van der Waals surface area contributed by atoms with Gasteiger partial charge in [-0.05, 0) is 42.6 Å². The van der Waals surface area contributed by atoms with Crippen LogP contribution in [0.5, 0.6) is 0 Å². The fourth-order valence-electron chi connectivity index (χ4n) is 2.40. The number of methoxy groups -OCH3 is 1. The van der Waals surface area contributed by atoms with E-state index in [1.807, 2.05) is 6.92 Å². The van der Waals surface area contributed by atoms with E-state index < -0.39 is 0 Å². The molecule has 2 nitrogen and oxygen atoms in total. The third-order valence-corrected chi connectivity index (χ3v) is 3.61. The molecule has 0 radical (unpaired) electrons. The Kier molecular flexibility index (Phi) is 6.76. The Morgan fingerprint density at radius 2 is 2.05 bits per heavy atom. The number of rotatable bonds is 7. The minimum Gasteiger partial charge on any atom is -0.380 e. The summed E-state index contributed by atoms with van der Waals surface area (Å²) in [6.07, 6.45) is 0.723. The predicted molar refractivity (Wildman–Crippen MR) is 78.2 cm³/mol. The lowest BCUT2D eigenvalue weighted by atomic mass is 9.93. The van der Waals surface area contributed by atoms with Gasteiger partial charge in [0, 0.05) is 18.2 Å². The van der Waals surface area contributed by atoms with Gasteiger partial charge < -0.3 is 10.1 Å². The van der Waals surface area contributed by atoms with Crippen LogP contribution in [0, 0.1) is 11.7 Å². The number of hydrogen-bond acceptors (Lipinski definition) is 2. The summed E-state index contributed by atoms with van der Waals surface area (Å²) in [5.41, 5.74) is 0.815. The molecule has 0 amide bonds. The first-order chi connectivity index (χ1) is 8.99. The number of halogens is 2. The molecule has 0 aliphatic carbocycles. The molecule has 4 heteroatoms. The van der Waals surface area contributed by atoms with Crippen LogP contribution < -0.4 is 5.32 Å². The maximum atomic E-state index is 13.3. The number of likely N-dealkylation sites (N-methyl/N-ethyl adjacent to an activating group) is 1. The molecule has 2 atom stereocenters. The van der Waals surface area contributed by atoms with E-state index in [-0.39, 0.29) is 18.0 Å². The second kappa shape index (κ2) is 7.83. The first-order valence-electron chi connectivity index (χ1n) is 6.69. The minimum absolute atomic E-state index is 0.0688. The highest BCUT2D eigenvalue weighted by Gasteiger charge is 2.24. The Bertz CT molecular complexity index is 398. The normalized spacial score (nSPS) is 14.7. The molecule has 19 heavy (non-hydrogen) atoms. The molecule has 1 N–H and O–H groups in total. The first-order valence-corrected chi connectivity index (χ1v) is 7.07. The van der Waals surface area contributed by atoms with Crippen LogP contribution in [0.2, 0.25) is 5.02 Å². The van der Waals surface area contributed by atoms with Gasteiger partial charge in [-0.1, -0.05) is 32.4 Å². The van der Waals surface area contributed by atoms with E-state index in [0.29, 0.717) is 17.4 Å². The summed E-state index contributed by atoms with van der Waals surface area (Å²) in [5.74, 6) is 0.120. The summed E-state index contributed by atoms with van der Waals surface area (Å²) < 4.78 is 18.9. The Labute approximate surface area is 120 Å². The van der Waals surface area contributed by atoms with Gasteiger partial charge in [-0.2, -0.15) is 0 Å². The Hall–Kier alpha value is -0.640. The van der Waals surface area contributed by atoms with E-state index >= 15 is 0 Å². The van der Waals surface area contributed by atoms with E-state index in [1.165, 1.54) is 12.1 Å². The molecule has 1 aromatic carbocycles. The van der Waals surface area contributed by atoms with Crippen LogP contribution in [0.25, 0.3) is 0 Å². The van der Waals surface area contributed by atoms with Gasteiger partial charge in [0.15, 0.2) is 0 Å². The molecular weight excluding hydrogens is 265 g/mol. The van der Waals surface area contributed by atoms with Gasteiger partial charge in [-0.15, -0.1) is 0 Å². The number of hydrogen-bond donors (Lipinski definition) is 1. The van der Waals surface area contributed by atoms with E-state index in [9.17, 15) is 4.39 Å². The van der Waals surface area contributed by atoms with Crippen LogP contribution in [-0.2, 0) is 11.2 Å². The van der Waals surface area contributed by atoms with E-state index in [1.54, 1.807) is 13.2 Å². The molecule has 108 valence electrons. The third kappa shape index (κ3) is 4.75. The van der Waals surface area contributed by atoms with Crippen molar-refractivity contribution in [1.29, 1.82) is 0 Å². The van der Waals surface area contributed by atoms with Gasteiger partial charge in [0.05, 0.1) is 6.10 Å². The van der Waals surface area contributed by atoms with Gasteiger partial charge >= 0.3 is 0 Å². The fraction of sp³-hybridized carbons (Fsp3) is 0.600. The standard InChI is InChI=1S/C15H23ClFNO/c1-5-18-14(15(19-4)10(2)3)9-11-8-12(17)6-7-13(11)16/h6-8,10,14-15,18H,5,9H2,1-4H3. The monoisotopic (exact) mass is 287 g/mol. The van der Waals surface area contributed by atoms with Gasteiger partial charge in [0.25, 0.3) is 0 Å². The molecule has 0 saturated carbocycles. The fourth-order valence-corrected chi connectivity index (χ4v) is 2.60. The number of nitrogens with one attached hydrogen (secondary N) is 1. The second-order valence-electron chi connectivity index (χ2n) is 5.05. The Morgan fingerprint density at radius 3 is 2.58 bits per heavy atom. The summed E-state index contributed by atoms with van der Waals surface area (Å²) in [5, 5.41) is 4.00. The lowest BCUT2D eigenvalue weighted by Crippen LogP contribution is -2.45.